The summed E-state index contributed by atoms with van der Waals surface area (Å²) in [5.41, 5.74) is 0.885. The van der Waals surface area contributed by atoms with Crippen molar-refractivity contribution in [3.63, 3.8) is 0 Å². The number of aliphatic carboxylic acids is 1. The molecular weight excluding hydrogens is 352 g/mol. The van der Waals surface area contributed by atoms with E-state index in [0.717, 1.165) is 12.1 Å². The van der Waals surface area contributed by atoms with E-state index in [4.69, 9.17) is 21.8 Å². The molecular formula is C18H24N4O3S. The van der Waals surface area contributed by atoms with Gasteiger partial charge in [0.05, 0.1) is 4.99 Å². The molecule has 2 rings (SSSR count). The van der Waals surface area contributed by atoms with Crippen LogP contribution in [-0.2, 0) is 11.2 Å². The number of aromatic nitrogens is 2. The van der Waals surface area contributed by atoms with Crippen molar-refractivity contribution in [3.05, 3.63) is 36.2 Å². The summed E-state index contributed by atoms with van der Waals surface area (Å²) >= 11 is 5.52. The Morgan fingerprint density at radius 2 is 1.96 bits per heavy atom. The van der Waals surface area contributed by atoms with Gasteiger partial charge in [-0.2, -0.15) is 4.98 Å². The number of nitrogens with zero attached hydrogens (tertiary/aromatic N) is 4. The second kappa shape index (κ2) is 9.40. The predicted octanol–water partition coefficient (Wildman–Crippen LogP) is 2.19. The Morgan fingerprint density at radius 1 is 1.27 bits per heavy atom. The largest absolute Gasteiger partial charge is 0.480 e. The molecule has 0 fully saturated rings. The molecule has 1 atom stereocenters. The molecule has 8 heteroatoms. The van der Waals surface area contributed by atoms with Gasteiger partial charge in [0.25, 0.3) is 0 Å². The zero-order chi connectivity index (χ0) is 19.1. The Kier molecular flexibility index (Phi) is 7.23. The molecule has 26 heavy (non-hydrogen) atoms. The molecule has 0 aliphatic carbocycles. The van der Waals surface area contributed by atoms with Crippen molar-refractivity contribution >= 4 is 23.2 Å². The summed E-state index contributed by atoms with van der Waals surface area (Å²) in [6.07, 6.45) is 0.469. The van der Waals surface area contributed by atoms with Crippen LogP contribution in [0.15, 0.2) is 34.9 Å². The van der Waals surface area contributed by atoms with Crippen LogP contribution in [0.1, 0.15) is 12.8 Å². The van der Waals surface area contributed by atoms with E-state index in [2.05, 4.69) is 10.1 Å². The Morgan fingerprint density at radius 3 is 2.58 bits per heavy atom. The van der Waals surface area contributed by atoms with E-state index < -0.39 is 5.97 Å². The molecule has 140 valence electrons. The zero-order valence-corrected chi connectivity index (χ0v) is 16.1. The third kappa shape index (κ3) is 5.89. The maximum atomic E-state index is 11.1. The van der Waals surface area contributed by atoms with Crippen molar-refractivity contribution in [2.75, 3.05) is 33.7 Å². The van der Waals surface area contributed by atoms with Crippen LogP contribution in [0.3, 0.4) is 0 Å². The number of benzene rings is 1. The molecule has 0 saturated carbocycles. The van der Waals surface area contributed by atoms with Gasteiger partial charge in [-0.3, -0.25) is 4.79 Å². The van der Waals surface area contributed by atoms with Gasteiger partial charge in [0.2, 0.25) is 11.7 Å². The molecule has 0 unspecified atom stereocenters. The summed E-state index contributed by atoms with van der Waals surface area (Å²) in [5, 5.41) is 13.2. The summed E-state index contributed by atoms with van der Waals surface area (Å²) in [6.45, 7) is 3.11. The minimum Gasteiger partial charge on any atom is -0.480 e. The van der Waals surface area contributed by atoms with Crippen molar-refractivity contribution in [1.29, 1.82) is 0 Å². The maximum Gasteiger partial charge on any atom is 0.323 e. The molecule has 0 saturated heterocycles. The van der Waals surface area contributed by atoms with Crippen LogP contribution < -0.4 is 0 Å². The summed E-state index contributed by atoms with van der Waals surface area (Å²) in [4.78, 5) is 19.9. The summed E-state index contributed by atoms with van der Waals surface area (Å²) in [7, 11) is 3.88. The van der Waals surface area contributed by atoms with Crippen molar-refractivity contribution < 1.29 is 14.4 Å². The first kappa shape index (κ1) is 20.0. The molecule has 0 spiro atoms. The van der Waals surface area contributed by atoms with Gasteiger partial charge >= 0.3 is 5.97 Å². The lowest BCUT2D eigenvalue weighted by atomic mass is 10.1. The average Bonchev–Trinajstić information content (AvgIpc) is 3.06. The molecule has 1 aromatic heterocycles. The molecule has 0 aliphatic rings. The lowest BCUT2D eigenvalue weighted by molar-refractivity contribution is -0.137. The first-order chi connectivity index (χ1) is 12.4. The number of carboxylic acid groups (broad SMARTS) is 1. The number of carboxylic acids is 1. The second-order valence-corrected chi connectivity index (χ2v) is 6.86. The minimum absolute atomic E-state index is 0.0874. The van der Waals surface area contributed by atoms with Crippen molar-refractivity contribution in [1.82, 2.24) is 19.9 Å². The number of thiocarbonyl (C=S) groups is 1. The van der Waals surface area contributed by atoms with E-state index in [0.29, 0.717) is 29.7 Å². The maximum absolute atomic E-state index is 11.1. The van der Waals surface area contributed by atoms with E-state index in [9.17, 15) is 4.79 Å². The predicted molar refractivity (Wildman–Crippen MR) is 103 cm³/mol. The quantitative estimate of drug-likeness (QED) is 0.667. The van der Waals surface area contributed by atoms with Gasteiger partial charge in [0, 0.05) is 31.0 Å². The van der Waals surface area contributed by atoms with Crippen LogP contribution in [-0.4, -0.2) is 69.7 Å². The van der Waals surface area contributed by atoms with Gasteiger partial charge in [0.15, 0.2) is 0 Å². The Bertz CT molecular complexity index is 733. The fourth-order valence-corrected chi connectivity index (χ4v) is 2.69. The molecule has 1 heterocycles. The Hall–Kier alpha value is -2.32. The smallest absolute Gasteiger partial charge is 0.323 e. The highest BCUT2D eigenvalue weighted by Crippen LogP contribution is 2.17. The molecule has 1 N–H and O–H groups in total. The van der Waals surface area contributed by atoms with Crippen LogP contribution in [0, 0.1) is 5.92 Å². The van der Waals surface area contributed by atoms with Crippen molar-refractivity contribution in [3.8, 4) is 11.4 Å². The third-order valence-corrected chi connectivity index (χ3v) is 4.52. The lowest BCUT2D eigenvalue weighted by Crippen LogP contribution is -2.42. The first-order valence-electron chi connectivity index (χ1n) is 8.40. The number of hydrogen-bond acceptors (Lipinski definition) is 6. The van der Waals surface area contributed by atoms with Crippen LogP contribution in [0.4, 0.5) is 0 Å². The molecule has 0 aliphatic heterocycles. The van der Waals surface area contributed by atoms with Crippen LogP contribution >= 0.6 is 12.2 Å². The molecule has 7 nitrogen and oxygen atoms in total. The Balaban J connectivity index is 2.02. The number of hydrogen-bond donors (Lipinski definition) is 1. The fraction of sp³-hybridized carbons (Fsp3) is 0.444. The molecule has 0 radical (unpaired) electrons. The van der Waals surface area contributed by atoms with E-state index in [-0.39, 0.29) is 12.5 Å². The Labute approximate surface area is 158 Å². The normalized spacial score (nSPS) is 12.2. The summed E-state index contributed by atoms with van der Waals surface area (Å²) < 4.78 is 5.34. The van der Waals surface area contributed by atoms with E-state index >= 15 is 0 Å². The van der Waals surface area contributed by atoms with Crippen molar-refractivity contribution in [2.24, 2.45) is 5.92 Å². The molecule has 0 amide bonds. The highest BCUT2D eigenvalue weighted by atomic mass is 32.1. The molecule has 1 aromatic carbocycles. The number of likely N-dealkylation sites (N-methyl/N-ethyl adjacent to an activating group) is 1. The highest BCUT2D eigenvalue weighted by Gasteiger charge is 2.21. The monoisotopic (exact) mass is 376 g/mol. The van der Waals surface area contributed by atoms with Gasteiger partial charge in [-0.15, -0.1) is 0 Å². The number of carbonyl (C=O) groups is 1. The molecule has 2 aromatic rings. The third-order valence-electron chi connectivity index (χ3n) is 3.86. The second-order valence-electron chi connectivity index (χ2n) is 6.44. The zero-order valence-electron chi connectivity index (χ0n) is 15.3. The molecule has 0 bridgehead atoms. The van der Waals surface area contributed by atoms with E-state index in [1.807, 2.05) is 56.3 Å². The van der Waals surface area contributed by atoms with E-state index in [1.165, 1.54) is 0 Å². The van der Waals surface area contributed by atoms with Gasteiger partial charge in [-0.05, 0) is 14.1 Å². The highest BCUT2D eigenvalue weighted by molar-refractivity contribution is 7.80. The first-order valence-corrected chi connectivity index (χ1v) is 8.81. The van der Waals surface area contributed by atoms with Crippen molar-refractivity contribution in [2.45, 2.75) is 13.3 Å². The van der Waals surface area contributed by atoms with Gasteiger partial charge in [-0.25, -0.2) is 0 Å². The van der Waals surface area contributed by atoms with Gasteiger partial charge < -0.3 is 19.4 Å². The van der Waals surface area contributed by atoms with Crippen LogP contribution in [0.2, 0.25) is 0 Å². The average molecular weight is 376 g/mol. The van der Waals surface area contributed by atoms with Gasteiger partial charge in [-0.1, -0.05) is 54.6 Å². The lowest BCUT2D eigenvalue weighted by Gasteiger charge is -2.28. The minimum atomic E-state index is -0.900. The fourth-order valence-electron chi connectivity index (χ4n) is 2.45. The topological polar surface area (TPSA) is 82.7 Å². The van der Waals surface area contributed by atoms with Crippen LogP contribution in [0.25, 0.3) is 11.4 Å². The summed E-state index contributed by atoms with van der Waals surface area (Å²) in [5.74, 6) is 0.0355. The SMILES string of the molecule is C[C@@H](Cc1nc(-c2ccccc2)no1)C(=S)N(CCN(C)C)CC(=O)O. The standard InChI is InChI=1S/C18H24N4O3S/c1-13(18(26)22(12-16(23)24)10-9-21(2)3)11-15-19-17(20-25-15)14-7-5-4-6-8-14/h4-8,13H,9-12H2,1-3H3,(H,23,24)/t13-/m0/s1. The van der Waals surface area contributed by atoms with E-state index in [1.54, 1.807) is 4.90 Å². The van der Waals surface area contributed by atoms with Gasteiger partial charge in [0.1, 0.15) is 6.54 Å². The summed E-state index contributed by atoms with van der Waals surface area (Å²) in [6, 6.07) is 9.59. The number of rotatable bonds is 9. The van der Waals surface area contributed by atoms with Crippen LogP contribution in [0.5, 0.6) is 0 Å².